The molecule has 1 aliphatic heterocycles. The molecule has 0 aliphatic carbocycles. The molecule has 1 fully saturated rings. The third-order valence-corrected chi connectivity index (χ3v) is 3.47. The van der Waals surface area contributed by atoms with E-state index in [2.05, 4.69) is 11.8 Å². The summed E-state index contributed by atoms with van der Waals surface area (Å²) in [6.07, 6.45) is 9.12. The Kier molecular flexibility index (Phi) is 7.03. The van der Waals surface area contributed by atoms with Gasteiger partial charge >= 0.3 is 0 Å². The van der Waals surface area contributed by atoms with Crippen LogP contribution < -0.4 is 0 Å². The molecule has 0 bridgehead atoms. The summed E-state index contributed by atoms with van der Waals surface area (Å²) in [6.45, 7) is 6.43. The van der Waals surface area contributed by atoms with Gasteiger partial charge in [-0.3, -0.25) is 0 Å². The third-order valence-electron chi connectivity index (χ3n) is 3.47. The number of aliphatic hydroxyl groups excluding tert-OH is 1. The monoisotopic (exact) mass is 213 g/mol. The molecule has 1 rings (SSSR count). The van der Waals surface area contributed by atoms with Gasteiger partial charge in [-0.25, -0.2) is 0 Å². The van der Waals surface area contributed by atoms with Crippen molar-refractivity contribution in [3.63, 3.8) is 0 Å². The first-order valence-corrected chi connectivity index (χ1v) is 6.70. The van der Waals surface area contributed by atoms with Crippen molar-refractivity contribution >= 4 is 0 Å². The van der Waals surface area contributed by atoms with E-state index >= 15 is 0 Å². The van der Waals surface area contributed by atoms with Gasteiger partial charge in [0.25, 0.3) is 0 Å². The van der Waals surface area contributed by atoms with Crippen LogP contribution in [0.15, 0.2) is 0 Å². The van der Waals surface area contributed by atoms with Gasteiger partial charge in [-0.15, -0.1) is 0 Å². The van der Waals surface area contributed by atoms with Crippen LogP contribution in [0.1, 0.15) is 51.9 Å². The van der Waals surface area contributed by atoms with Crippen molar-refractivity contribution < 1.29 is 5.11 Å². The van der Waals surface area contributed by atoms with Crippen molar-refractivity contribution in [2.75, 3.05) is 26.2 Å². The highest BCUT2D eigenvalue weighted by Crippen LogP contribution is 2.19. The van der Waals surface area contributed by atoms with Crippen LogP contribution in [-0.2, 0) is 0 Å². The molecule has 0 amide bonds. The second-order valence-corrected chi connectivity index (χ2v) is 4.88. The molecule has 0 spiro atoms. The van der Waals surface area contributed by atoms with Gasteiger partial charge in [-0.05, 0) is 44.7 Å². The van der Waals surface area contributed by atoms with Gasteiger partial charge in [0.05, 0.1) is 0 Å². The maximum absolute atomic E-state index is 8.93. The number of hydrogen-bond donors (Lipinski definition) is 1. The van der Waals surface area contributed by atoms with Crippen LogP contribution in [0.25, 0.3) is 0 Å². The summed E-state index contributed by atoms with van der Waals surface area (Å²) in [5.74, 6) is 0.759. The summed E-state index contributed by atoms with van der Waals surface area (Å²) in [4.78, 5) is 2.60. The molecule has 90 valence electrons. The first-order valence-electron chi connectivity index (χ1n) is 6.70. The molecule has 1 N–H and O–H groups in total. The average Bonchev–Trinajstić information content (AvgIpc) is 2.26. The Hall–Kier alpha value is -0.0800. The predicted octanol–water partition coefficient (Wildman–Crippen LogP) is 2.66. The first kappa shape index (κ1) is 13.0. The summed E-state index contributed by atoms with van der Waals surface area (Å²) in [7, 11) is 0. The van der Waals surface area contributed by atoms with Gasteiger partial charge in [-0.2, -0.15) is 0 Å². The van der Waals surface area contributed by atoms with Gasteiger partial charge in [0.2, 0.25) is 0 Å². The third kappa shape index (κ3) is 5.53. The first-order chi connectivity index (χ1) is 7.36. The zero-order valence-electron chi connectivity index (χ0n) is 10.2. The minimum atomic E-state index is 0.369. The van der Waals surface area contributed by atoms with Crippen molar-refractivity contribution in [3.05, 3.63) is 0 Å². The molecule has 0 aromatic rings. The molecular weight excluding hydrogens is 186 g/mol. The number of hydrogen-bond acceptors (Lipinski definition) is 2. The number of nitrogens with zero attached hydrogens (tertiary/aromatic N) is 1. The second kappa shape index (κ2) is 8.12. The van der Waals surface area contributed by atoms with Gasteiger partial charge in [0.1, 0.15) is 0 Å². The van der Waals surface area contributed by atoms with E-state index < -0.39 is 0 Å². The van der Waals surface area contributed by atoms with E-state index in [-0.39, 0.29) is 0 Å². The summed E-state index contributed by atoms with van der Waals surface area (Å²) in [6, 6.07) is 0. The largest absolute Gasteiger partial charge is 0.396 e. The standard InChI is InChI=1S/C13H27NO/c1-2-3-4-5-9-14-10-6-7-13(12-14)8-11-15/h13,15H,2-12H2,1H3. The smallest absolute Gasteiger partial charge is 0.0434 e. The minimum Gasteiger partial charge on any atom is -0.396 e. The average molecular weight is 213 g/mol. The highest BCUT2D eigenvalue weighted by atomic mass is 16.3. The van der Waals surface area contributed by atoms with E-state index in [0.29, 0.717) is 6.61 Å². The van der Waals surface area contributed by atoms with Crippen LogP contribution in [0.4, 0.5) is 0 Å². The van der Waals surface area contributed by atoms with Crippen LogP contribution in [0, 0.1) is 5.92 Å². The fraction of sp³-hybridized carbons (Fsp3) is 1.00. The Balaban J connectivity index is 2.07. The molecule has 2 heteroatoms. The number of aliphatic hydroxyl groups is 1. The van der Waals surface area contributed by atoms with E-state index in [9.17, 15) is 0 Å². The molecule has 1 unspecified atom stereocenters. The summed E-state index contributed by atoms with van der Waals surface area (Å²) >= 11 is 0. The summed E-state index contributed by atoms with van der Waals surface area (Å²) < 4.78 is 0. The Morgan fingerprint density at radius 3 is 2.87 bits per heavy atom. The second-order valence-electron chi connectivity index (χ2n) is 4.88. The molecule has 0 saturated carbocycles. The maximum atomic E-state index is 8.93. The van der Waals surface area contributed by atoms with Gasteiger partial charge in [-0.1, -0.05) is 26.2 Å². The topological polar surface area (TPSA) is 23.5 Å². The van der Waals surface area contributed by atoms with Crippen LogP contribution in [0.3, 0.4) is 0 Å². The van der Waals surface area contributed by atoms with Crippen LogP contribution in [-0.4, -0.2) is 36.2 Å². The zero-order valence-corrected chi connectivity index (χ0v) is 10.2. The summed E-state index contributed by atoms with van der Waals surface area (Å²) in [5.41, 5.74) is 0. The molecular formula is C13H27NO. The van der Waals surface area contributed by atoms with Crippen molar-refractivity contribution in [3.8, 4) is 0 Å². The zero-order chi connectivity index (χ0) is 10.9. The van der Waals surface area contributed by atoms with Gasteiger partial charge in [0, 0.05) is 13.2 Å². The minimum absolute atomic E-state index is 0.369. The molecule has 1 atom stereocenters. The highest BCUT2D eigenvalue weighted by Gasteiger charge is 2.18. The molecule has 0 aromatic heterocycles. The lowest BCUT2D eigenvalue weighted by Crippen LogP contribution is -2.36. The van der Waals surface area contributed by atoms with Gasteiger partial charge in [0.15, 0.2) is 0 Å². The van der Waals surface area contributed by atoms with E-state index in [1.807, 2.05) is 0 Å². The fourth-order valence-electron chi connectivity index (χ4n) is 2.53. The molecule has 15 heavy (non-hydrogen) atoms. The van der Waals surface area contributed by atoms with Crippen molar-refractivity contribution in [1.82, 2.24) is 4.90 Å². The van der Waals surface area contributed by atoms with Crippen LogP contribution in [0.5, 0.6) is 0 Å². The van der Waals surface area contributed by atoms with Gasteiger partial charge < -0.3 is 10.0 Å². The van der Waals surface area contributed by atoms with Crippen molar-refractivity contribution in [2.24, 2.45) is 5.92 Å². The normalized spacial score (nSPS) is 23.2. The lowest BCUT2D eigenvalue weighted by Gasteiger charge is -2.32. The molecule has 1 heterocycles. The quantitative estimate of drug-likeness (QED) is 0.657. The Labute approximate surface area is 94.7 Å². The van der Waals surface area contributed by atoms with E-state index in [1.165, 1.54) is 58.2 Å². The highest BCUT2D eigenvalue weighted by molar-refractivity contribution is 4.72. The fourth-order valence-corrected chi connectivity index (χ4v) is 2.53. The number of unbranched alkanes of at least 4 members (excludes halogenated alkanes) is 3. The molecule has 1 saturated heterocycles. The Morgan fingerprint density at radius 1 is 1.27 bits per heavy atom. The molecule has 1 aliphatic rings. The lowest BCUT2D eigenvalue weighted by molar-refractivity contribution is 0.146. The number of likely N-dealkylation sites (tertiary alicyclic amines) is 1. The van der Waals surface area contributed by atoms with Crippen molar-refractivity contribution in [2.45, 2.75) is 51.9 Å². The van der Waals surface area contributed by atoms with Crippen LogP contribution >= 0.6 is 0 Å². The van der Waals surface area contributed by atoms with E-state index in [0.717, 1.165) is 12.3 Å². The van der Waals surface area contributed by atoms with E-state index in [1.54, 1.807) is 0 Å². The van der Waals surface area contributed by atoms with E-state index in [4.69, 9.17) is 5.11 Å². The SMILES string of the molecule is CCCCCCN1CCCC(CCO)C1. The molecule has 0 aromatic carbocycles. The Bertz CT molecular complexity index is 147. The summed E-state index contributed by atoms with van der Waals surface area (Å²) in [5, 5.41) is 8.93. The number of rotatable bonds is 7. The number of piperidine rings is 1. The lowest BCUT2D eigenvalue weighted by atomic mass is 9.95. The molecule has 2 nitrogen and oxygen atoms in total. The van der Waals surface area contributed by atoms with Crippen LogP contribution in [0.2, 0.25) is 0 Å². The maximum Gasteiger partial charge on any atom is 0.0434 e. The predicted molar refractivity (Wildman–Crippen MR) is 65.0 cm³/mol. The van der Waals surface area contributed by atoms with Crippen molar-refractivity contribution in [1.29, 1.82) is 0 Å². The Morgan fingerprint density at radius 2 is 2.13 bits per heavy atom. The molecule has 0 radical (unpaired) electrons.